The van der Waals surface area contributed by atoms with Crippen molar-refractivity contribution in [3.05, 3.63) is 78.1 Å². The normalized spacial score (nSPS) is 15.2. The summed E-state index contributed by atoms with van der Waals surface area (Å²) in [4.78, 5) is 17.8. The van der Waals surface area contributed by atoms with Gasteiger partial charge < -0.3 is 11.1 Å². The third-order valence-electron chi connectivity index (χ3n) is 6.17. The van der Waals surface area contributed by atoms with Crippen LogP contribution >= 0.6 is 0 Å². The van der Waals surface area contributed by atoms with Crippen molar-refractivity contribution in [2.45, 2.75) is 31.7 Å². The Morgan fingerprint density at radius 3 is 2.61 bits per heavy atom. The van der Waals surface area contributed by atoms with Crippen molar-refractivity contribution in [3.8, 4) is 11.3 Å². The molecule has 0 aliphatic heterocycles. The van der Waals surface area contributed by atoms with Gasteiger partial charge in [-0.3, -0.25) is 14.9 Å². The fraction of sp³-hybridized carbons (Fsp3) is 0.240. The number of carbonyl (C=O) groups excluding carboxylic acids is 1. The van der Waals surface area contributed by atoms with Crippen molar-refractivity contribution in [2.24, 2.45) is 5.92 Å². The van der Waals surface area contributed by atoms with Crippen LogP contribution in [-0.2, 0) is 0 Å². The number of anilines is 1. The molecule has 1 atom stereocenters. The number of nitrogens with zero attached hydrogens (tertiary/aromatic N) is 2. The third kappa shape index (κ3) is 3.89. The SMILES string of the molecule is Nc1ccc(-c2n[nH]c3ccc(C(=O)NC(c4ccccn4)C4CCCC4)cc23)cc1. The van der Waals surface area contributed by atoms with E-state index in [1.807, 2.05) is 60.7 Å². The summed E-state index contributed by atoms with van der Waals surface area (Å²) in [6, 6.07) is 19.0. The van der Waals surface area contributed by atoms with Crippen LogP contribution in [0.5, 0.6) is 0 Å². The summed E-state index contributed by atoms with van der Waals surface area (Å²) in [5.74, 6) is 0.329. The molecule has 6 nitrogen and oxygen atoms in total. The second-order valence-corrected chi connectivity index (χ2v) is 8.20. The zero-order chi connectivity index (χ0) is 21.2. The first-order valence-corrected chi connectivity index (χ1v) is 10.7. The van der Waals surface area contributed by atoms with Gasteiger partial charge in [-0.1, -0.05) is 31.0 Å². The van der Waals surface area contributed by atoms with Gasteiger partial charge in [-0.05, 0) is 61.2 Å². The van der Waals surface area contributed by atoms with E-state index in [1.54, 1.807) is 6.20 Å². The molecule has 31 heavy (non-hydrogen) atoms. The van der Waals surface area contributed by atoms with Crippen LogP contribution in [0.3, 0.4) is 0 Å². The average Bonchev–Trinajstić information content (AvgIpc) is 3.48. The number of pyridine rings is 1. The lowest BCUT2D eigenvalue weighted by molar-refractivity contribution is 0.0920. The maximum atomic E-state index is 13.3. The molecule has 2 aromatic carbocycles. The second kappa shape index (κ2) is 8.22. The Hall–Kier alpha value is -3.67. The van der Waals surface area contributed by atoms with E-state index in [0.29, 0.717) is 17.2 Å². The Bertz CT molecular complexity index is 1190. The number of hydrogen-bond donors (Lipinski definition) is 3. The van der Waals surface area contributed by atoms with Gasteiger partial charge in [-0.15, -0.1) is 0 Å². The molecule has 0 radical (unpaired) electrons. The first-order chi connectivity index (χ1) is 15.2. The maximum Gasteiger partial charge on any atom is 0.251 e. The molecule has 1 unspecified atom stereocenters. The lowest BCUT2D eigenvalue weighted by Gasteiger charge is -2.24. The predicted molar refractivity (Wildman–Crippen MR) is 122 cm³/mol. The highest BCUT2D eigenvalue weighted by Crippen LogP contribution is 2.35. The highest BCUT2D eigenvalue weighted by Gasteiger charge is 2.29. The third-order valence-corrected chi connectivity index (χ3v) is 6.17. The number of rotatable bonds is 5. The van der Waals surface area contributed by atoms with Crippen LogP contribution < -0.4 is 11.1 Å². The second-order valence-electron chi connectivity index (χ2n) is 8.20. The number of amides is 1. The van der Waals surface area contributed by atoms with Crippen molar-refractivity contribution in [1.29, 1.82) is 0 Å². The summed E-state index contributed by atoms with van der Waals surface area (Å²) >= 11 is 0. The zero-order valence-corrected chi connectivity index (χ0v) is 17.2. The number of benzene rings is 2. The Morgan fingerprint density at radius 1 is 1.06 bits per heavy atom. The zero-order valence-electron chi connectivity index (χ0n) is 17.2. The number of nitrogen functional groups attached to an aromatic ring is 1. The van der Waals surface area contributed by atoms with E-state index in [4.69, 9.17) is 5.73 Å². The van der Waals surface area contributed by atoms with Gasteiger partial charge in [-0.2, -0.15) is 5.10 Å². The van der Waals surface area contributed by atoms with Gasteiger partial charge in [0, 0.05) is 28.4 Å². The van der Waals surface area contributed by atoms with Crippen LogP contribution in [0.1, 0.15) is 47.8 Å². The van der Waals surface area contributed by atoms with Crippen LogP contribution in [0.25, 0.3) is 22.2 Å². The minimum absolute atomic E-state index is 0.0761. The number of H-pyrrole nitrogens is 1. The van der Waals surface area contributed by atoms with E-state index in [9.17, 15) is 4.79 Å². The molecule has 0 spiro atoms. The fourth-order valence-electron chi connectivity index (χ4n) is 4.52. The molecule has 4 aromatic rings. The molecule has 4 N–H and O–H groups in total. The number of carbonyl (C=O) groups is 1. The number of aromatic nitrogens is 3. The van der Waals surface area contributed by atoms with Gasteiger partial charge in [0.05, 0.1) is 22.9 Å². The van der Waals surface area contributed by atoms with E-state index < -0.39 is 0 Å². The minimum atomic E-state index is -0.0890. The number of fused-ring (bicyclic) bond motifs is 1. The lowest BCUT2D eigenvalue weighted by Crippen LogP contribution is -2.33. The average molecular weight is 412 g/mol. The summed E-state index contributed by atoms with van der Waals surface area (Å²) in [5, 5.41) is 11.7. The summed E-state index contributed by atoms with van der Waals surface area (Å²) in [7, 11) is 0. The van der Waals surface area contributed by atoms with Gasteiger partial charge >= 0.3 is 0 Å². The van der Waals surface area contributed by atoms with Crippen molar-refractivity contribution >= 4 is 22.5 Å². The quantitative estimate of drug-likeness (QED) is 0.408. The molecule has 6 heteroatoms. The van der Waals surface area contributed by atoms with Crippen molar-refractivity contribution in [2.75, 3.05) is 5.73 Å². The molecule has 1 aliphatic carbocycles. The predicted octanol–water partition coefficient (Wildman–Crippen LogP) is 4.87. The Labute approximate surface area is 180 Å². The number of aromatic amines is 1. The molecular weight excluding hydrogens is 386 g/mol. The fourth-order valence-corrected chi connectivity index (χ4v) is 4.52. The van der Waals surface area contributed by atoms with E-state index in [0.717, 1.165) is 40.7 Å². The molecular formula is C25H25N5O. The standard InChI is InChI=1S/C25H25N5O/c26-19-11-8-17(9-12-19)23-20-15-18(10-13-21(20)29-30-23)25(31)28-24(16-5-1-2-6-16)22-7-3-4-14-27-22/h3-4,7-16,24H,1-2,5-6,26H2,(H,28,31)(H,29,30). The summed E-state index contributed by atoms with van der Waals surface area (Å²) in [6.07, 6.45) is 6.43. The van der Waals surface area contributed by atoms with Gasteiger partial charge in [0.25, 0.3) is 5.91 Å². The summed E-state index contributed by atoms with van der Waals surface area (Å²) in [6.45, 7) is 0. The van der Waals surface area contributed by atoms with Crippen LogP contribution in [0.2, 0.25) is 0 Å². The molecule has 156 valence electrons. The van der Waals surface area contributed by atoms with Gasteiger partial charge in [0.1, 0.15) is 0 Å². The molecule has 2 aromatic heterocycles. The van der Waals surface area contributed by atoms with Crippen molar-refractivity contribution in [3.63, 3.8) is 0 Å². The molecule has 1 amide bonds. The molecule has 1 saturated carbocycles. The summed E-state index contributed by atoms with van der Waals surface area (Å²) < 4.78 is 0. The monoisotopic (exact) mass is 411 g/mol. The number of nitrogens with two attached hydrogens (primary N) is 1. The molecule has 1 aliphatic rings. The van der Waals surface area contributed by atoms with E-state index in [-0.39, 0.29) is 11.9 Å². The number of nitrogens with one attached hydrogen (secondary N) is 2. The van der Waals surface area contributed by atoms with E-state index in [2.05, 4.69) is 20.5 Å². The van der Waals surface area contributed by atoms with Crippen LogP contribution in [0.15, 0.2) is 66.9 Å². The topological polar surface area (TPSA) is 96.7 Å². The van der Waals surface area contributed by atoms with Gasteiger partial charge in [-0.25, -0.2) is 0 Å². The van der Waals surface area contributed by atoms with Gasteiger partial charge in [0.15, 0.2) is 0 Å². The Balaban J connectivity index is 1.46. The Morgan fingerprint density at radius 2 is 1.87 bits per heavy atom. The Kier molecular flexibility index (Phi) is 5.12. The smallest absolute Gasteiger partial charge is 0.251 e. The molecule has 1 fully saturated rings. The van der Waals surface area contributed by atoms with Crippen LogP contribution in [0.4, 0.5) is 5.69 Å². The number of hydrogen-bond acceptors (Lipinski definition) is 4. The highest BCUT2D eigenvalue weighted by atomic mass is 16.1. The maximum absolute atomic E-state index is 13.3. The lowest BCUT2D eigenvalue weighted by atomic mass is 9.94. The molecule has 0 bridgehead atoms. The van der Waals surface area contributed by atoms with Crippen LogP contribution in [-0.4, -0.2) is 21.1 Å². The van der Waals surface area contributed by atoms with E-state index >= 15 is 0 Å². The van der Waals surface area contributed by atoms with Crippen molar-refractivity contribution < 1.29 is 4.79 Å². The molecule has 5 rings (SSSR count). The summed E-state index contributed by atoms with van der Waals surface area (Å²) in [5.41, 5.74) is 10.7. The van der Waals surface area contributed by atoms with Gasteiger partial charge in [0.2, 0.25) is 0 Å². The van der Waals surface area contributed by atoms with E-state index in [1.165, 1.54) is 12.8 Å². The first-order valence-electron chi connectivity index (χ1n) is 10.7. The molecule has 2 heterocycles. The van der Waals surface area contributed by atoms with Crippen LogP contribution in [0, 0.1) is 5.92 Å². The minimum Gasteiger partial charge on any atom is -0.399 e. The van der Waals surface area contributed by atoms with Crippen molar-refractivity contribution in [1.82, 2.24) is 20.5 Å². The first kappa shape index (κ1) is 19.3. The highest BCUT2D eigenvalue weighted by molar-refractivity contribution is 6.01. The molecule has 0 saturated heterocycles. The largest absolute Gasteiger partial charge is 0.399 e.